The van der Waals surface area contributed by atoms with Crippen LogP contribution in [0.15, 0.2) is 17.5 Å². The van der Waals surface area contributed by atoms with Gasteiger partial charge in [0.15, 0.2) is 0 Å². The van der Waals surface area contributed by atoms with Crippen LogP contribution in [0.1, 0.15) is 24.3 Å². The summed E-state index contributed by atoms with van der Waals surface area (Å²) in [5.74, 6) is -0.393. The summed E-state index contributed by atoms with van der Waals surface area (Å²) in [4.78, 5) is 24.2. The molecule has 0 aliphatic carbocycles. The number of hydrogen-bond acceptors (Lipinski definition) is 5. The molecule has 6 heteroatoms. The first kappa shape index (κ1) is 15.0. The van der Waals surface area contributed by atoms with Crippen molar-refractivity contribution in [3.05, 3.63) is 22.4 Å². The van der Waals surface area contributed by atoms with Crippen LogP contribution in [0.25, 0.3) is 0 Å². The molecule has 1 rings (SSSR count). The summed E-state index contributed by atoms with van der Waals surface area (Å²) in [5.41, 5.74) is 0. The van der Waals surface area contributed by atoms with Crippen LogP contribution < -0.4 is 5.32 Å². The smallest absolute Gasteiger partial charge is 0.307 e. The van der Waals surface area contributed by atoms with Gasteiger partial charge in [0.05, 0.1) is 24.8 Å². The lowest BCUT2D eigenvalue weighted by Gasteiger charge is -2.18. The van der Waals surface area contributed by atoms with Gasteiger partial charge in [0, 0.05) is 4.88 Å². The molecular formula is C12H17NO3S2. The maximum absolute atomic E-state index is 11.9. The predicted octanol–water partition coefficient (Wildman–Crippen LogP) is 2.22. The van der Waals surface area contributed by atoms with E-state index in [9.17, 15) is 9.59 Å². The molecule has 100 valence electrons. The van der Waals surface area contributed by atoms with Gasteiger partial charge in [0.25, 0.3) is 0 Å². The lowest BCUT2D eigenvalue weighted by molar-refractivity contribution is -0.141. The normalized spacial score (nSPS) is 13.7. The molecule has 0 bridgehead atoms. The second kappa shape index (κ2) is 7.43. The average Bonchev–Trinajstić information content (AvgIpc) is 2.90. The van der Waals surface area contributed by atoms with Crippen LogP contribution in [0.2, 0.25) is 0 Å². The molecular weight excluding hydrogens is 270 g/mol. The van der Waals surface area contributed by atoms with E-state index in [-0.39, 0.29) is 29.6 Å². The summed E-state index contributed by atoms with van der Waals surface area (Å²) in [6.45, 7) is 1.84. The van der Waals surface area contributed by atoms with Gasteiger partial charge in [-0.1, -0.05) is 6.07 Å². The highest BCUT2D eigenvalue weighted by atomic mass is 32.2. The molecule has 1 amide bonds. The zero-order chi connectivity index (χ0) is 13.5. The third kappa shape index (κ3) is 4.34. The quantitative estimate of drug-likeness (QED) is 0.815. The minimum Gasteiger partial charge on any atom is -0.469 e. The van der Waals surface area contributed by atoms with Gasteiger partial charge in [-0.05, 0) is 24.6 Å². The van der Waals surface area contributed by atoms with E-state index >= 15 is 0 Å². The maximum atomic E-state index is 11.9. The van der Waals surface area contributed by atoms with Gasteiger partial charge in [-0.15, -0.1) is 11.3 Å². The van der Waals surface area contributed by atoms with Crippen molar-refractivity contribution in [1.29, 1.82) is 0 Å². The summed E-state index contributed by atoms with van der Waals surface area (Å²) in [6, 6.07) is 3.50. The Morgan fingerprint density at radius 2 is 2.28 bits per heavy atom. The van der Waals surface area contributed by atoms with Crippen molar-refractivity contribution in [3.63, 3.8) is 0 Å². The molecule has 0 spiro atoms. The molecule has 1 aromatic rings. The standard InChI is InChI=1S/C12H17NO3S2/c1-8(17-3)12(15)13-9(7-11(14)16-2)10-5-4-6-18-10/h4-6,8-9H,7H2,1-3H3,(H,13,15)/t8-,9-/m1/s1. The number of hydrogen-bond donors (Lipinski definition) is 1. The van der Waals surface area contributed by atoms with E-state index in [1.807, 2.05) is 30.7 Å². The molecule has 0 unspecified atom stereocenters. The number of methoxy groups -OCH3 is 1. The molecule has 2 atom stereocenters. The molecule has 18 heavy (non-hydrogen) atoms. The Labute approximate surface area is 115 Å². The van der Waals surface area contributed by atoms with Gasteiger partial charge in [-0.2, -0.15) is 11.8 Å². The van der Waals surface area contributed by atoms with E-state index in [4.69, 9.17) is 0 Å². The van der Waals surface area contributed by atoms with Crippen molar-refractivity contribution in [2.75, 3.05) is 13.4 Å². The van der Waals surface area contributed by atoms with E-state index in [2.05, 4.69) is 10.1 Å². The van der Waals surface area contributed by atoms with Gasteiger partial charge >= 0.3 is 5.97 Å². The van der Waals surface area contributed by atoms with Crippen LogP contribution in [0, 0.1) is 0 Å². The van der Waals surface area contributed by atoms with Crippen molar-refractivity contribution in [1.82, 2.24) is 5.32 Å². The third-order valence-electron chi connectivity index (χ3n) is 2.52. The summed E-state index contributed by atoms with van der Waals surface area (Å²) >= 11 is 2.99. The molecule has 1 aromatic heterocycles. The van der Waals surface area contributed by atoms with E-state index < -0.39 is 0 Å². The largest absolute Gasteiger partial charge is 0.469 e. The van der Waals surface area contributed by atoms with E-state index in [1.54, 1.807) is 0 Å². The van der Waals surface area contributed by atoms with Gasteiger partial charge < -0.3 is 10.1 Å². The van der Waals surface area contributed by atoms with E-state index in [0.717, 1.165) is 4.88 Å². The van der Waals surface area contributed by atoms with Crippen LogP contribution in [0.3, 0.4) is 0 Å². The van der Waals surface area contributed by atoms with Gasteiger partial charge in [-0.25, -0.2) is 0 Å². The Morgan fingerprint density at radius 3 is 2.78 bits per heavy atom. The Balaban J connectivity index is 2.72. The maximum Gasteiger partial charge on any atom is 0.307 e. The molecule has 0 radical (unpaired) electrons. The number of ether oxygens (including phenoxy) is 1. The Kier molecular flexibility index (Phi) is 6.21. The summed E-state index contributed by atoms with van der Waals surface area (Å²) in [6.07, 6.45) is 2.04. The number of nitrogens with one attached hydrogen (secondary N) is 1. The summed E-state index contributed by atoms with van der Waals surface area (Å²) < 4.78 is 4.66. The van der Waals surface area contributed by atoms with Gasteiger partial charge in [0.2, 0.25) is 5.91 Å². The molecule has 1 N–H and O–H groups in total. The molecule has 4 nitrogen and oxygen atoms in total. The van der Waals surface area contributed by atoms with Crippen molar-refractivity contribution < 1.29 is 14.3 Å². The first-order chi connectivity index (χ1) is 8.58. The first-order valence-electron chi connectivity index (χ1n) is 5.51. The Bertz CT molecular complexity index is 392. The van der Waals surface area contributed by atoms with Crippen LogP contribution in [0.4, 0.5) is 0 Å². The summed E-state index contributed by atoms with van der Waals surface area (Å²) in [5, 5.41) is 4.67. The van der Waals surface area contributed by atoms with Gasteiger partial charge in [0.1, 0.15) is 0 Å². The van der Waals surface area contributed by atoms with Crippen molar-refractivity contribution in [3.8, 4) is 0 Å². The number of thioether (sulfide) groups is 1. The summed E-state index contributed by atoms with van der Waals surface area (Å²) in [7, 11) is 1.35. The van der Waals surface area contributed by atoms with Crippen LogP contribution >= 0.6 is 23.1 Å². The van der Waals surface area contributed by atoms with Crippen LogP contribution in [0.5, 0.6) is 0 Å². The fourth-order valence-electron chi connectivity index (χ4n) is 1.36. The minimum absolute atomic E-state index is 0.0650. The molecule has 0 aliphatic rings. The van der Waals surface area contributed by atoms with Gasteiger partial charge in [-0.3, -0.25) is 9.59 Å². The van der Waals surface area contributed by atoms with Crippen LogP contribution in [-0.2, 0) is 14.3 Å². The number of carbonyl (C=O) groups is 2. The highest BCUT2D eigenvalue weighted by Crippen LogP contribution is 2.23. The van der Waals surface area contributed by atoms with Crippen molar-refractivity contribution >= 4 is 35.0 Å². The minimum atomic E-state index is -0.328. The molecule has 1 heterocycles. The zero-order valence-corrected chi connectivity index (χ0v) is 12.3. The predicted molar refractivity (Wildman–Crippen MR) is 74.8 cm³/mol. The molecule has 0 aliphatic heterocycles. The van der Waals surface area contributed by atoms with Crippen molar-refractivity contribution in [2.24, 2.45) is 0 Å². The number of carbonyl (C=O) groups excluding carboxylic acids is 2. The average molecular weight is 287 g/mol. The van der Waals surface area contributed by atoms with Crippen molar-refractivity contribution in [2.45, 2.75) is 24.6 Å². The lowest BCUT2D eigenvalue weighted by Crippen LogP contribution is -2.35. The monoisotopic (exact) mass is 287 g/mol. The Morgan fingerprint density at radius 1 is 1.56 bits per heavy atom. The highest BCUT2D eigenvalue weighted by molar-refractivity contribution is 7.99. The van der Waals surface area contributed by atoms with Crippen LogP contribution in [-0.4, -0.2) is 30.5 Å². The fourth-order valence-corrected chi connectivity index (χ4v) is 2.42. The highest BCUT2D eigenvalue weighted by Gasteiger charge is 2.22. The SMILES string of the molecule is COC(=O)C[C@@H](NC(=O)[C@@H](C)SC)c1cccs1. The second-order valence-corrected chi connectivity index (χ2v) is 5.89. The molecule has 0 aromatic carbocycles. The number of thiophene rings is 1. The second-order valence-electron chi connectivity index (χ2n) is 3.73. The van der Waals surface area contributed by atoms with E-state index in [1.165, 1.54) is 30.2 Å². The molecule has 0 saturated carbocycles. The lowest BCUT2D eigenvalue weighted by atomic mass is 10.1. The molecule has 0 fully saturated rings. The molecule has 0 saturated heterocycles. The third-order valence-corrected chi connectivity index (χ3v) is 4.43. The Hall–Kier alpha value is -1.01. The number of esters is 1. The zero-order valence-electron chi connectivity index (χ0n) is 10.6. The van der Waals surface area contributed by atoms with E-state index in [0.29, 0.717) is 0 Å². The topological polar surface area (TPSA) is 55.4 Å². The fraction of sp³-hybridized carbons (Fsp3) is 0.500. The number of rotatable bonds is 6. The number of amides is 1. The first-order valence-corrected chi connectivity index (χ1v) is 7.68.